The van der Waals surface area contributed by atoms with Crippen LogP contribution in [0, 0.1) is 25.7 Å². The summed E-state index contributed by atoms with van der Waals surface area (Å²) in [5.74, 6) is 0.664. The molecule has 30 heavy (non-hydrogen) atoms. The first kappa shape index (κ1) is 21.2. The lowest BCUT2D eigenvalue weighted by molar-refractivity contribution is -0.132. The molecule has 1 aromatic heterocycles. The summed E-state index contributed by atoms with van der Waals surface area (Å²) in [6.45, 7) is 12.3. The molecule has 1 aromatic rings. The van der Waals surface area contributed by atoms with Crippen molar-refractivity contribution in [3.63, 3.8) is 0 Å². The minimum Gasteiger partial charge on any atom is -0.369 e. The van der Waals surface area contributed by atoms with E-state index in [2.05, 4.69) is 29.0 Å². The van der Waals surface area contributed by atoms with Gasteiger partial charge in [0.05, 0.1) is 30.4 Å². The number of likely N-dealkylation sites (N-methyl/N-ethyl adjacent to an activating group) is 1. The maximum absolute atomic E-state index is 12.8. The van der Waals surface area contributed by atoms with Crippen molar-refractivity contribution in [3.05, 3.63) is 29.1 Å². The van der Waals surface area contributed by atoms with Crippen LogP contribution < -0.4 is 5.32 Å². The zero-order valence-corrected chi connectivity index (χ0v) is 18.6. The molecule has 0 radical (unpaired) electrons. The van der Waals surface area contributed by atoms with E-state index in [4.69, 9.17) is 4.74 Å². The van der Waals surface area contributed by atoms with Gasteiger partial charge in [0.1, 0.15) is 0 Å². The Morgan fingerprint density at radius 3 is 2.80 bits per heavy atom. The number of amides is 2. The van der Waals surface area contributed by atoms with Crippen LogP contribution in [0.15, 0.2) is 12.3 Å². The van der Waals surface area contributed by atoms with Crippen LogP contribution in [0.2, 0.25) is 0 Å². The fourth-order valence-electron chi connectivity index (χ4n) is 5.47. The molecule has 0 unspecified atom stereocenters. The number of carbonyl (C=O) groups is 2. The SMILES string of the molecule is CCN(CC)CC(=O)N1C[C@@H]2[C@H](CNC(=O)c3cnc(C)c(C)c3)[C@H]3CC[C@]2(C1)O3. The van der Waals surface area contributed by atoms with E-state index < -0.39 is 0 Å². The molecule has 1 N–H and O–H groups in total. The first-order valence-electron chi connectivity index (χ1n) is 11.3. The topological polar surface area (TPSA) is 74.8 Å². The molecule has 0 aromatic carbocycles. The minimum absolute atomic E-state index is 0.0881. The van der Waals surface area contributed by atoms with E-state index in [0.29, 0.717) is 31.1 Å². The van der Waals surface area contributed by atoms with Crippen LogP contribution in [0.1, 0.15) is 48.3 Å². The normalized spacial score (nSPS) is 29.5. The molecule has 2 amide bonds. The summed E-state index contributed by atoms with van der Waals surface area (Å²) in [7, 11) is 0. The van der Waals surface area contributed by atoms with Gasteiger partial charge < -0.3 is 15.0 Å². The molecule has 1 spiro atoms. The van der Waals surface area contributed by atoms with E-state index >= 15 is 0 Å². The highest BCUT2D eigenvalue weighted by Crippen LogP contribution is 2.54. The number of rotatable bonds is 7. The van der Waals surface area contributed by atoms with Crippen LogP contribution in [0.25, 0.3) is 0 Å². The first-order chi connectivity index (χ1) is 14.4. The maximum atomic E-state index is 12.8. The molecule has 0 aliphatic carbocycles. The molecule has 4 rings (SSSR count). The van der Waals surface area contributed by atoms with Crippen LogP contribution in [0.5, 0.6) is 0 Å². The number of ether oxygens (including phenoxy) is 1. The minimum atomic E-state index is -0.207. The van der Waals surface area contributed by atoms with Gasteiger partial charge >= 0.3 is 0 Å². The summed E-state index contributed by atoms with van der Waals surface area (Å²) in [5.41, 5.74) is 2.35. The Balaban J connectivity index is 1.39. The molecular formula is C23H34N4O3. The molecular weight excluding hydrogens is 380 g/mol. The molecule has 7 nitrogen and oxygen atoms in total. The monoisotopic (exact) mass is 414 g/mol. The fraction of sp³-hybridized carbons (Fsp3) is 0.696. The second-order valence-corrected chi connectivity index (χ2v) is 9.10. The lowest BCUT2D eigenvalue weighted by Gasteiger charge is -2.29. The van der Waals surface area contributed by atoms with Gasteiger partial charge in [0.25, 0.3) is 5.91 Å². The van der Waals surface area contributed by atoms with Gasteiger partial charge in [-0.2, -0.15) is 0 Å². The number of nitrogens with one attached hydrogen (secondary N) is 1. The second-order valence-electron chi connectivity index (χ2n) is 9.10. The van der Waals surface area contributed by atoms with E-state index in [9.17, 15) is 9.59 Å². The van der Waals surface area contributed by atoms with Crippen molar-refractivity contribution < 1.29 is 14.3 Å². The third-order valence-electron chi connectivity index (χ3n) is 7.49. The van der Waals surface area contributed by atoms with Crippen molar-refractivity contribution in [2.24, 2.45) is 11.8 Å². The van der Waals surface area contributed by atoms with Gasteiger partial charge in [-0.3, -0.25) is 19.5 Å². The number of carbonyl (C=O) groups excluding carboxylic acids is 2. The highest BCUT2D eigenvalue weighted by molar-refractivity contribution is 5.94. The maximum Gasteiger partial charge on any atom is 0.252 e. The lowest BCUT2D eigenvalue weighted by atomic mass is 9.73. The number of nitrogens with zero attached hydrogens (tertiary/aromatic N) is 3. The average Bonchev–Trinajstić information content (AvgIpc) is 3.40. The smallest absolute Gasteiger partial charge is 0.252 e. The summed E-state index contributed by atoms with van der Waals surface area (Å²) in [5, 5.41) is 3.11. The highest BCUT2D eigenvalue weighted by atomic mass is 16.5. The van der Waals surface area contributed by atoms with Crippen molar-refractivity contribution in [2.75, 3.05) is 39.3 Å². The number of pyridine rings is 1. The van der Waals surface area contributed by atoms with E-state index in [1.54, 1.807) is 6.20 Å². The lowest BCUT2D eigenvalue weighted by Crippen LogP contribution is -2.42. The van der Waals surface area contributed by atoms with E-state index in [1.165, 1.54) is 0 Å². The molecule has 2 bridgehead atoms. The van der Waals surface area contributed by atoms with Crippen molar-refractivity contribution in [2.45, 2.75) is 52.2 Å². The van der Waals surface area contributed by atoms with Gasteiger partial charge in [0.2, 0.25) is 5.91 Å². The predicted octanol–water partition coefficient (Wildman–Crippen LogP) is 1.78. The van der Waals surface area contributed by atoms with Gasteiger partial charge in [-0.1, -0.05) is 13.8 Å². The summed E-state index contributed by atoms with van der Waals surface area (Å²) < 4.78 is 6.44. The Hall–Kier alpha value is -1.99. The summed E-state index contributed by atoms with van der Waals surface area (Å²) in [6, 6.07) is 1.89. The number of likely N-dealkylation sites (tertiary alicyclic amines) is 1. The summed E-state index contributed by atoms with van der Waals surface area (Å²) in [6.07, 6.45) is 3.86. The molecule has 3 aliphatic rings. The van der Waals surface area contributed by atoms with Crippen LogP contribution in [-0.4, -0.2) is 77.6 Å². The molecule has 164 valence electrons. The Morgan fingerprint density at radius 1 is 1.33 bits per heavy atom. The fourth-order valence-corrected chi connectivity index (χ4v) is 5.47. The van der Waals surface area contributed by atoms with Crippen molar-refractivity contribution in [3.8, 4) is 0 Å². The zero-order chi connectivity index (χ0) is 21.5. The largest absolute Gasteiger partial charge is 0.369 e. The Kier molecular flexibility index (Phi) is 5.86. The summed E-state index contributed by atoms with van der Waals surface area (Å²) >= 11 is 0. The predicted molar refractivity (Wildman–Crippen MR) is 114 cm³/mol. The zero-order valence-electron chi connectivity index (χ0n) is 18.6. The number of aromatic nitrogens is 1. The Morgan fingerprint density at radius 2 is 2.10 bits per heavy atom. The number of hydrogen-bond acceptors (Lipinski definition) is 5. The van der Waals surface area contributed by atoms with Gasteiger partial charge in [-0.15, -0.1) is 0 Å². The number of hydrogen-bond donors (Lipinski definition) is 1. The van der Waals surface area contributed by atoms with Crippen LogP contribution >= 0.6 is 0 Å². The molecule has 0 saturated carbocycles. The van der Waals surface area contributed by atoms with Crippen molar-refractivity contribution in [1.82, 2.24) is 20.1 Å². The molecule has 4 atom stereocenters. The highest BCUT2D eigenvalue weighted by Gasteiger charge is 2.63. The van der Waals surface area contributed by atoms with Crippen LogP contribution in [0.3, 0.4) is 0 Å². The molecule has 3 fully saturated rings. The molecule has 4 heterocycles. The average molecular weight is 415 g/mol. The Labute approximate surface area is 179 Å². The van der Waals surface area contributed by atoms with Gasteiger partial charge in [0, 0.05) is 36.8 Å². The van der Waals surface area contributed by atoms with Crippen molar-refractivity contribution >= 4 is 11.8 Å². The van der Waals surface area contributed by atoms with Gasteiger partial charge in [-0.05, 0) is 51.4 Å². The van der Waals surface area contributed by atoms with E-state index in [1.807, 2.05) is 24.8 Å². The van der Waals surface area contributed by atoms with Crippen LogP contribution in [-0.2, 0) is 9.53 Å². The summed E-state index contributed by atoms with van der Waals surface area (Å²) in [4.78, 5) is 34.0. The first-order valence-corrected chi connectivity index (χ1v) is 11.3. The van der Waals surface area contributed by atoms with E-state index in [-0.39, 0.29) is 29.4 Å². The van der Waals surface area contributed by atoms with Gasteiger partial charge in [0.15, 0.2) is 0 Å². The van der Waals surface area contributed by atoms with Crippen molar-refractivity contribution in [1.29, 1.82) is 0 Å². The van der Waals surface area contributed by atoms with Gasteiger partial charge in [-0.25, -0.2) is 0 Å². The third kappa shape index (κ3) is 3.73. The quantitative estimate of drug-likeness (QED) is 0.736. The third-order valence-corrected chi connectivity index (χ3v) is 7.49. The van der Waals surface area contributed by atoms with E-state index in [0.717, 1.165) is 43.7 Å². The standard InChI is InChI=1S/C23H34N4O3/c1-5-26(6-2)13-21(28)27-12-19-18(20-7-8-23(19,14-27)30-20)11-25-22(29)17-9-15(3)16(4)24-10-17/h9-10,18-20H,5-8,11-14H2,1-4H3,(H,25,29)/t18-,19+,20+,23+/m0/s1. The number of fused-ring (bicyclic) bond motifs is 1. The molecule has 7 heteroatoms. The second kappa shape index (κ2) is 8.27. The molecule has 3 saturated heterocycles. The Bertz CT molecular complexity index is 825. The number of aryl methyl sites for hydroxylation is 2. The molecule has 3 aliphatic heterocycles. The van der Waals surface area contributed by atoms with Crippen LogP contribution in [0.4, 0.5) is 0 Å².